The van der Waals surface area contributed by atoms with Crippen molar-refractivity contribution in [3.63, 3.8) is 0 Å². The molecule has 1 aliphatic heterocycles. The molecule has 2 heterocycles. The molecule has 0 N–H and O–H groups in total. The van der Waals surface area contributed by atoms with Crippen LogP contribution in [-0.2, 0) is 0 Å². The number of thioether (sulfide) groups is 1. The van der Waals surface area contributed by atoms with Crippen LogP contribution in [0.15, 0.2) is 47.5 Å². The second kappa shape index (κ2) is 7.32. The van der Waals surface area contributed by atoms with Crippen LogP contribution in [0.5, 0.6) is 0 Å². The van der Waals surface area contributed by atoms with Crippen LogP contribution in [0.4, 0.5) is 11.5 Å². The van der Waals surface area contributed by atoms with E-state index in [2.05, 4.69) is 22.0 Å². The van der Waals surface area contributed by atoms with Crippen LogP contribution >= 0.6 is 11.8 Å². The first-order valence-electron chi connectivity index (χ1n) is 7.64. The van der Waals surface area contributed by atoms with E-state index in [4.69, 9.17) is 0 Å². The van der Waals surface area contributed by atoms with Crippen molar-refractivity contribution < 1.29 is 4.92 Å². The fourth-order valence-corrected chi connectivity index (χ4v) is 3.82. The van der Waals surface area contributed by atoms with Crippen LogP contribution in [0.2, 0.25) is 0 Å². The number of pyridine rings is 1. The molecule has 0 bridgehead atoms. The summed E-state index contributed by atoms with van der Waals surface area (Å²) in [5.41, 5.74) is 0.117. The van der Waals surface area contributed by atoms with E-state index in [0.29, 0.717) is 11.7 Å². The summed E-state index contributed by atoms with van der Waals surface area (Å²) >= 11 is 1.83. The Labute approximate surface area is 144 Å². The Kier molecular flexibility index (Phi) is 4.96. The maximum absolute atomic E-state index is 10.8. The number of aromatic nitrogens is 1. The molecule has 6 nitrogen and oxygen atoms in total. The Morgan fingerprint density at radius 3 is 2.92 bits per heavy atom. The summed E-state index contributed by atoms with van der Waals surface area (Å²) in [5, 5.41) is 20.1. The van der Waals surface area contributed by atoms with Gasteiger partial charge >= 0.3 is 0 Å². The van der Waals surface area contributed by atoms with E-state index in [9.17, 15) is 15.4 Å². The number of benzene rings is 1. The van der Waals surface area contributed by atoms with Gasteiger partial charge < -0.3 is 4.90 Å². The summed E-state index contributed by atoms with van der Waals surface area (Å²) in [7, 11) is 0. The SMILES string of the molecule is N#Cc1cc([N+](=O)[O-])cnc1N1CCC(CSc2ccccc2)C1. The first-order valence-corrected chi connectivity index (χ1v) is 8.63. The predicted molar refractivity (Wildman–Crippen MR) is 93.1 cm³/mol. The number of hydrogen-bond acceptors (Lipinski definition) is 6. The minimum atomic E-state index is -0.527. The number of nitro groups is 1. The minimum Gasteiger partial charge on any atom is -0.355 e. The van der Waals surface area contributed by atoms with Gasteiger partial charge in [0.25, 0.3) is 5.69 Å². The van der Waals surface area contributed by atoms with Gasteiger partial charge in [-0.25, -0.2) is 4.98 Å². The summed E-state index contributed by atoms with van der Waals surface area (Å²) in [6.45, 7) is 1.64. The molecule has 0 radical (unpaired) electrons. The maximum Gasteiger partial charge on any atom is 0.289 e. The molecule has 3 rings (SSSR count). The third-order valence-corrected chi connectivity index (χ3v) is 5.24. The molecular weight excluding hydrogens is 324 g/mol. The van der Waals surface area contributed by atoms with Gasteiger partial charge in [-0.2, -0.15) is 5.26 Å². The zero-order valence-corrected chi connectivity index (χ0v) is 13.8. The largest absolute Gasteiger partial charge is 0.355 e. The van der Waals surface area contributed by atoms with Crippen molar-refractivity contribution in [2.45, 2.75) is 11.3 Å². The molecule has 7 heteroatoms. The van der Waals surface area contributed by atoms with Gasteiger partial charge in [0.05, 0.1) is 4.92 Å². The van der Waals surface area contributed by atoms with Gasteiger partial charge in [0, 0.05) is 29.8 Å². The lowest BCUT2D eigenvalue weighted by molar-refractivity contribution is -0.385. The summed E-state index contributed by atoms with van der Waals surface area (Å²) in [6.07, 6.45) is 2.26. The van der Waals surface area contributed by atoms with E-state index in [1.807, 2.05) is 36.0 Å². The molecule has 0 aliphatic carbocycles. The van der Waals surface area contributed by atoms with Crippen molar-refractivity contribution >= 4 is 23.3 Å². The van der Waals surface area contributed by atoms with E-state index < -0.39 is 4.92 Å². The van der Waals surface area contributed by atoms with Crippen LogP contribution < -0.4 is 4.90 Å². The smallest absolute Gasteiger partial charge is 0.289 e. The molecule has 1 atom stereocenters. The lowest BCUT2D eigenvalue weighted by atomic mass is 10.2. The molecule has 1 aromatic heterocycles. The average Bonchev–Trinajstić information content (AvgIpc) is 3.09. The lowest BCUT2D eigenvalue weighted by Crippen LogP contribution is -2.22. The Hall–Kier alpha value is -2.59. The molecule has 1 aliphatic rings. The van der Waals surface area contributed by atoms with Gasteiger partial charge in [0.2, 0.25) is 0 Å². The molecule has 2 aromatic rings. The van der Waals surface area contributed by atoms with Gasteiger partial charge in [-0.3, -0.25) is 10.1 Å². The third kappa shape index (κ3) is 3.66. The minimum absolute atomic E-state index is 0.148. The van der Waals surface area contributed by atoms with Gasteiger partial charge in [0.1, 0.15) is 23.6 Å². The summed E-state index contributed by atoms with van der Waals surface area (Å²) in [6, 6.07) is 13.6. The van der Waals surface area contributed by atoms with E-state index in [0.717, 1.165) is 25.3 Å². The highest BCUT2D eigenvalue weighted by Crippen LogP contribution is 2.30. The quantitative estimate of drug-likeness (QED) is 0.471. The Morgan fingerprint density at radius 2 is 2.21 bits per heavy atom. The van der Waals surface area contributed by atoms with Crippen LogP contribution in [-0.4, -0.2) is 28.7 Å². The van der Waals surface area contributed by atoms with Gasteiger partial charge in [0.15, 0.2) is 0 Å². The molecule has 0 saturated carbocycles. The van der Waals surface area contributed by atoms with E-state index in [1.54, 1.807) is 0 Å². The third-order valence-electron chi connectivity index (χ3n) is 4.00. The fourth-order valence-electron chi connectivity index (χ4n) is 2.77. The molecule has 1 saturated heterocycles. The van der Waals surface area contributed by atoms with E-state index >= 15 is 0 Å². The van der Waals surface area contributed by atoms with Crippen LogP contribution in [0.3, 0.4) is 0 Å². The molecule has 1 fully saturated rings. The van der Waals surface area contributed by atoms with Crippen LogP contribution in [0.25, 0.3) is 0 Å². The lowest BCUT2D eigenvalue weighted by Gasteiger charge is -2.18. The monoisotopic (exact) mass is 340 g/mol. The number of rotatable bonds is 5. The highest BCUT2D eigenvalue weighted by atomic mass is 32.2. The predicted octanol–water partition coefficient (Wildman–Crippen LogP) is 3.48. The van der Waals surface area contributed by atoms with E-state index in [1.165, 1.54) is 17.2 Å². The van der Waals surface area contributed by atoms with Crippen molar-refractivity contribution in [3.8, 4) is 6.07 Å². The zero-order valence-electron chi connectivity index (χ0n) is 13.0. The van der Waals surface area contributed by atoms with E-state index in [-0.39, 0.29) is 11.3 Å². The molecule has 24 heavy (non-hydrogen) atoms. The van der Waals surface area contributed by atoms with Gasteiger partial charge in [-0.05, 0) is 24.5 Å². The normalized spacial score (nSPS) is 16.8. The van der Waals surface area contributed by atoms with Crippen LogP contribution in [0.1, 0.15) is 12.0 Å². The molecule has 1 unspecified atom stereocenters. The fraction of sp³-hybridized carbons (Fsp3) is 0.294. The van der Waals surface area contributed by atoms with Crippen LogP contribution in [0, 0.1) is 27.4 Å². The molecule has 0 spiro atoms. The van der Waals surface area contributed by atoms with Crippen molar-refractivity contribution in [2.24, 2.45) is 5.92 Å². The summed E-state index contributed by atoms with van der Waals surface area (Å²) in [4.78, 5) is 17.8. The molecule has 1 aromatic carbocycles. The van der Waals surface area contributed by atoms with Crippen molar-refractivity contribution in [2.75, 3.05) is 23.7 Å². The van der Waals surface area contributed by atoms with Crippen molar-refractivity contribution in [3.05, 3.63) is 58.3 Å². The molecule has 0 amide bonds. The average molecular weight is 340 g/mol. The highest BCUT2D eigenvalue weighted by Gasteiger charge is 2.26. The first kappa shape index (κ1) is 16.3. The van der Waals surface area contributed by atoms with Gasteiger partial charge in [-0.1, -0.05) is 18.2 Å². The summed E-state index contributed by atoms with van der Waals surface area (Å²) in [5.74, 6) is 2.07. The highest BCUT2D eigenvalue weighted by molar-refractivity contribution is 7.99. The van der Waals surface area contributed by atoms with Crippen molar-refractivity contribution in [1.82, 2.24) is 4.98 Å². The van der Waals surface area contributed by atoms with Gasteiger partial charge in [-0.15, -0.1) is 11.8 Å². The second-order valence-electron chi connectivity index (χ2n) is 5.66. The Morgan fingerprint density at radius 1 is 1.42 bits per heavy atom. The molecular formula is C17H16N4O2S. The number of nitrogens with zero attached hydrogens (tertiary/aromatic N) is 4. The number of nitriles is 1. The summed E-state index contributed by atoms with van der Waals surface area (Å²) < 4.78 is 0. The second-order valence-corrected chi connectivity index (χ2v) is 6.75. The van der Waals surface area contributed by atoms with Crippen molar-refractivity contribution in [1.29, 1.82) is 5.26 Å². The topological polar surface area (TPSA) is 83.1 Å². The number of hydrogen-bond donors (Lipinski definition) is 0. The molecule has 122 valence electrons. The first-order chi connectivity index (χ1) is 11.7. The zero-order chi connectivity index (χ0) is 16.9. The Balaban J connectivity index is 1.65. The number of anilines is 1. The maximum atomic E-state index is 10.8. The Bertz CT molecular complexity index is 776. The standard InChI is InChI=1S/C17H16N4O2S/c18-9-14-8-15(21(22)23)10-19-17(14)20-7-6-13(11-20)12-24-16-4-2-1-3-5-16/h1-5,8,10,13H,6-7,11-12H2.